The Bertz CT molecular complexity index is 1270. The van der Waals surface area contributed by atoms with E-state index in [-0.39, 0.29) is 5.56 Å². The summed E-state index contributed by atoms with van der Waals surface area (Å²) in [4.78, 5) is 29.0. The van der Waals surface area contributed by atoms with Gasteiger partial charge in [-0.15, -0.1) is 0 Å². The summed E-state index contributed by atoms with van der Waals surface area (Å²) in [6.07, 6.45) is 6.12. The first-order valence-electron chi connectivity index (χ1n) is 10.2. The van der Waals surface area contributed by atoms with E-state index in [0.29, 0.717) is 24.5 Å². The summed E-state index contributed by atoms with van der Waals surface area (Å²) < 4.78 is 6.93. The molecule has 5 heterocycles. The van der Waals surface area contributed by atoms with Crippen molar-refractivity contribution in [3.8, 4) is 11.3 Å². The predicted molar refractivity (Wildman–Crippen MR) is 112 cm³/mol. The summed E-state index contributed by atoms with van der Waals surface area (Å²) in [7, 11) is 0. The molecule has 1 aliphatic heterocycles. The molecule has 0 amide bonds. The molecular weight excluding hydrogens is 380 g/mol. The van der Waals surface area contributed by atoms with Crippen molar-refractivity contribution < 1.29 is 4.42 Å². The van der Waals surface area contributed by atoms with Gasteiger partial charge in [-0.3, -0.25) is 14.8 Å². The Morgan fingerprint density at radius 3 is 2.77 bits per heavy atom. The lowest BCUT2D eigenvalue weighted by molar-refractivity contribution is 0.240. The van der Waals surface area contributed by atoms with Crippen LogP contribution in [-0.2, 0) is 19.5 Å². The fourth-order valence-electron chi connectivity index (χ4n) is 3.99. The molecule has 0 bridgehead atoms. The molecule has 0 unspecified atom stereocenters. The van der Waals surface area contributed by atoms with E-state index < -0.39 is 0 Å². The van der Waals surface area contributed by atoms with Crippen molar-refractivity contribution in [2.45, 2.75) is 46.2 Å². The molecule has 0 spiro atoms. The molecule has 1 N–H and O–H groups in total. The average molecular weight is 404 g/mol. The van der Waals surface area contributed by atoms with Crippen LogP contribution in [0.5, 0.6) is 0 Å². The molecule has 1 aliphatic rings. The SMILES string of the molecule is Cc1occc1-c1cc2nc3c(c(=O)n2[nH]1)CCN(Cc1cnc(C(C)C)nc1)C3. The van der Waals surface area contributed by atoms with Crippen LogP contribution in [0.4, 0.5) is 0 Å². The Hall–Kier alpha value is -3.26. The molecule has 8 heteroatoms. The van der Waals surface area contributed by atoms with Gasteiger partial charge in [-0.05, 0) is 19.4 Å². The number of hydrogen-bond donors (Lipinski definition) is 1. The van der Waals surface area contributed by atoms with E-state index in [1.165, 1.54) is 4.52 Å². The summed E-state index contributed by atoms with van der Waals surface area (Å²) in [6.45, 7) is 8.25. The topological polar surface area (TPSA) is 92.3 Å². The van der Waals surface area contributed by atoms with Crippen molar-refractivity contribution in [2.75, 3.05) is 6.54 Å². The van der Waals surface area contributed by atoms with Crippen LogP contribution in [0.15, 0.2) is 40.0 Å². The van der Waals surface area contributed by atoms with E-state index >= 15 is 0 Å². The van der Waals surface area contributed by atoms with Gasteiger partial charge in [0.1, 0.15) is 11.6 Å². The van der Waals surface area contributed by atoms with Gasteiger partial charge < -0.3 is 4.42 Å². The fourth-order valence-corrected chi connectivity index (χ4v) is 3.99. The van der Waals surface area contributed by atoms with Crippen molar-refractivity contribution in [1.29, 1.82) is 0 Å². The van der Waals surface area contributed by atoms with Crippen molar-refractivity contribution >= 4 is 5.65 Å². The zero-order valence-corrected chi connectivity index (χ0v) is 17.3. The van der Waals surface area contributed by atoms with Gasteiger partial charge >= 0.3 is 0 Å². The third kappa shape index (κ3) is 3.23. The second-order valence-electron chi connectivity index (χ2n) is 8.16. The highest BCUT2D eigenvalue weighted by Gasteiger charge is 2.23. The van der Waals surface area contributed by atoms with Crippen LogP contribution in [-0.4, -0.2) is 36.0 Å². The number of nitrogens with zero attached hydrogens (tertiary/aromatic N) is 5. The van der Waals surface area contributed by atoms with Crippen molar-refractivity contribution in [1.82, 2.24) is 29.5 Å². The summed E-state index contributed by atoms with van der Waals surface area (Å²) in [5, 5.41) is 3.17. The first-order valence-corrected chi connectivity index (χ1v) is 10.2. The first-order chi connectivity index (χ1) is 14.5. The van der Waals surface area contributed by atoms with Gasteiger partial charge in [0.15, 0.2) is 5.65 Å². The fraction of sp³-hybridized carbons (Fsp3) is 0.364. The highest BCUT2D eigenvalue weighted by molar-refractivity contribution is 5.65. The predicted octanol–water partition coefficient (Wildman–Crippen LogP) is 3.06. The molecule has 0 saturated heterocycles. The van der Waals surface area contributed by atoms with Crippen molar-refractivity contribution in [2.24, 2.45) is 0 Å². The highest BCUT2D eigenvalue weighted by atomic mass is 16.3. The number of fused-ring (bicyclic) bond motifs is 2. The summed E-state index contributed by atoms with van der Waals surface area (Å²) in [5.74, 6) is 1.98. The monoisotopic (exact) mass is 404 g/mol. The van der Waals surface area contributed by atoms with E-state index in [9.17, 15) is 4.79 Å². The van der Waals surface area contributed by atoms with Crippen LogP contribution in [0.1, 0.15) is 48.2 Å². The molecule has 4 aromatic heterocycles. The van der Waals surface area contributed by atoms with Gasteiger partial charge in [0.25, 0.3) is 5.56 Å². The normalized spacial score (nSPS) is 14.5. The lowest BCUT2D eigenvalue weighted by atomic mass is 10.1. The third-order valence-corrected chi connectivity index (χ3v) is 5.64. The second-order valence-corrected chi connectivity index (χ2v) is 8.16. The number of H-pyrrole nitrogens is 1. The first kappa shape index (κ1) is 18.7. The maximum atomic E-state index is 13.0. The molecule has 4 aromatic rings. The minimum Gasteiger partial charge on any atom is -0.469 e. The number of furan rings is 1. The molecule has 0 atom stereocenters. The summed E-state index contributed by atoms with van der Waals surface area (Å²) in [6, 6.07) is 3.79. The van der Waals surface area contributed by atoms with Crippen LogP contribution in [0.25, 0.3) is 16.9 Å². The summed E-state index contributed by atoms with van der Waals surface area (Å²) >= 11 is 0. The Balaban J connectivity index is 1.42. The smallest absolute Gasteiger partial charge is 0.276 e. The largest absolute Gasteiger partial charge is 0.469 e. The van der Waals surface area contributed by atoms with E-state index in [2.05, 4.69) is 33.8 Å². The van der Waals surface area contributed by atoms with E-state index in [1.54, 1.807) is 6.26 Å². The molecule has 30 heavy (non-hydrogen) atoms. The van der Waals surface area contributed by atoms with Gasteiger partial charge in [-0.2, -0.15) is 0 Å². The Morgan fingerprint density at radius 1 is 1.27 bits per heavy atom. The number of nitrogens with one attached hydrogen (secondary N) is 1. The minimum atomic E-state index is -0.0216. The summed E-state index contributed by atoms with van der Waals surface area (Å²) in [5.41, 5.74) is 5.07. The molecular formula is C22H24N6O2. The minimum absolute atomic E-state index is 0.0216. The highest BCUT2D eigenvalue weighted by Crippen LogP contribution is 2.24. The van der Waals surface area contributed by atoms with E-state index in [4.69, 9.17) is 9.40 Å². The number of hydrogen-bond acceptors (Lipinski definition) is 6. The van der Waals surface area contributed by atoms with Crippen LogP contribution in [0.3, 0.4) is 0 Å². The van der Waals surface area contributed by atoms with Crippen molar-refractivity contribution in [3.63, 3.8) is 0 Å². The van der Waals surface area contributed by atoms with Crippen LogP contribution >= 0.6 is 0 Å². The lowest BCUT2D eigenvalue weighted by Crippen LogP contribution is -2.36. The molecule has 154 valence electrons. The Kier molecular flexibility index (Phi) is 4.51. The van der Waals surface area contributed by atoms with Gasteiger partial charge in [-0.1, -0.05) is 13.8 Å². The van der Waals surface area contributed by atoms with E-state index in [0.717, 1.165) is 52.8 Å². The Labute approximate surface area is 173 Å². The Morgan fingerprint density at radius 2 is 2.07 bits per heavy atom. The van der Waals surface area contributed by atoms with Crippen molar-refractivity contribution in [3.05, 3.63) is 69.5 Å². The number of aromatic nitrogens is 5. The molecule has 0 fully saturated rings. The maximum Gasteiger partial charge on any atom is 0.276 e. The number of rotatable bonds is 4. The third-order valence-electron chi connectivity index (χ3n) is 5.64. The van der Waals surface area contributed by atoms with Gasteiger partial charge in [0.05, 0.1) is 17.7 Å². The second kappa shape index (κ2) is 7.21. The quantitative estimate of drug-likeness (QED) is 0.562. The maximum absolute atomic E-state index is 13.0. The zero-order valence-electron chi connectivity index (χ0n) is 17.3. The molecule has 5 rings (SSSR count). The van der Waals surface area contributed by atoms with Crippen LogP contribution in [0.2, 0.25) is 0 Å². The van der Waals surface area contributed by atoms with Gasteiger partial charge in [0.2, 0.25) is 0 Å². The molecule has 0 aliphatic carbocycles. The number of aryl methyl sites for hydroxylation is 1. The van der Waals surface area contributed by atoms with Gasteiger partial charge in [-0.25, -0.2) is 19.5 Å². The molecule has 0 aromatic carbocycles. The lowest BCUT2D eigenvalue weighted by Gasteiger charge is -2.27. The van der Waals surface area contributed by atoms with Crippen LogP contribution in [0, 0.1) is 6.92 Å². The molecule has 0 radical (unpaired) electrons. The van der Waals surface area contributed by atoms with E-state index in [1.807, 2.05) is 31.5 Å². The zero-order chi connectivity index (χ0) is 20.8. The standard InChI is InChI=1S/C22H24N6O2/c1-13(2)21-23-9-15(10-24-21)11-27-6-4-17-19(12-27)25-20-8-18(26-28(20)22(17)29)16-5-7-30-14(16)3/h5,7-10,13,26H,4,6,11-12H2,1-3H3. The number of aromatic amines is 1. The molecule has 8 nitrogen and oxygen atoms in total. The average Bonchev–Trinajstić information content (AvgIpc) is 3.34. The molecule has 0 saturated carbocycles. The van der Waals surface area contributed by atoms with Crippen LogP contribution < -0.4 is 5.56 Å². The van der Waals surface area contributed by atoms with Gasteiger partial charge in [0, 0.05) is 60.7 Å².